The molecule has 4 aromatic rings. The van der Waals surface area contributed by atoms with Gasteiger partial charge in [-0.1, -0.05) is 36.1 Å². The van der Waals surface area contributed by atoms with Gasteiger partial charge in [-0.05, 0) is 47.5 Å². The Hall–Kier alpha value is -4.50. The second-order valence-electron chi connectivity index (χ2n) is 6.79. The normalized spacial score (nSPS) is 10.4. The number of carbonyl (C=O) groups is 1. The maximum Gasteiger partial charge on any atom is 0.351 e. The SMILES string of the molecule is COc1cc2oc(=O)c(C(=O)O)cc2cc1C#Cc1ccc(-c2ccc(N)cc2)cc1. The van der Waals surface area contributed by atoms with E-state index in [1.165, 1.54) is 19.2 Å². The van der Waals surface area contributed by atoms with E-state index in [9.17, 15) is 9.59 Å². The lowest BCUT2D eigenvalue weighted by molar-refractivity contribution is 0.0692. The van der Waals surface area contributed by atoms with Crippen LogP contribution in [0.5, 0.6) is 5.75 Å². The highest BCUT2D eigenvalue weighted by Gasteiger charge is 2.14. The third-order valence-corrected chi connectivity index (χ3v) is 4.76. The second kappa shape index (κ2) is 8.09. The van der Waals surface area contributed by atoms with Gasteiger partial charge in [-0.2, -0.15) is 0 Å². The first-order chi connectivity index (χ1) is 14.9. The zero-order valence-electron chi connectivity index (χ0n) is 16.5. The lowest BCUT2D eigenvalue weighted by Crippen LogP contribution is -2.12. The summed E-state index contributed by atoms with van der Waals surface area (Å²) in [5, 5.41) is 9.59. The fourth-order valence-corrected chi connectivity index (χ4v) is 3.13. The molecule has 6 heteroatoms. The Kier molecular flexibility index (Phi) is 5.17. The van der Waals surface area contributed by atoms with Crippen molar-refractivity contribution in [1.29, 1.82) is 0 Å². The average molecular weight is 411 g/mol. The molecular weight excluding hydrogens is 394 g/mol. The third kappa shape index (κ3) is 4.11. The summed E-state index contributed by atoms with van der Waals surface area (Å²) < 4.78 is 10.5. The van der Waals surface area contributed by atoms with Gasteiger partial charge in [0.15, 0.2) is 0 Å². The monoisotopic (exact) mass is 411 g/mol. The van der Waals surface area contributed by atoms with Crippen LogP contribution in [0.1, 0.15) is 21.5 Å². The summed E-state index contributed by atoms with van der Waals surface area (Å²) in [6.45, 7) is 0. The van der Waals surface area contributed by atoms with Crippen LogP contribution in [0.4, 0.5) is 5.69 Å². The summed E-state index contributed by atoms with van der Waals surface area (Å²) >= 11 is 0. The zero-order valence-corrected chi connectivity index (χ0v) is 16.5. The minimum atomic E-state index is -1.35. The van der Waals surface area contributed by atoms with Gasteiger partial charge in [0.05, 0.1) is 12.7 Å². The molecule has 4 rings (SSSR count). The Balaban J connectivity index is 1.69. The standard InChI is InChI=1S/C25H17NO5/c1-30-22-14-23-19(13-21(24(27)28)25(29)31-23)12-18(22)7-4-15-2-5-16(6-3-15)17-8-10-20(26)11-9-17/h2-3,5-6,8-14H,26H2,1H3,(H,27,28). The van der Waals surface area contributed by atoms with E-state index in [0.717, 1.165) is 16.7 Å². The number of anilines is 1. The summed E-state index contributed by atoms with van der Waals surface area (Å²) in [6.07, 6.45) is 0. The number of aromatic carboxylic acids is 1. The van der Waals surface area contributed by atoms with Crippen LogP contribution < -0.4 is 16.1 Å². The lowest BCUT2D eigenvalue weighted by Gasteiger charge is -2.06. The van der Waals surface area contributed by atoms with Crippen LogP contribution in [0.25, 0.3) is 22.1 Å². The van der Waals surface area contributed by atoms with Gasteiger partial charge in [0.1, 0.15) is 16.9 Å². The predicted octanol–water partition coefficient (Wildman–Crippen LogP) is 4.15. The maximum atomic E-state index is 11.8. The van der Waals surface area contributed by atoms with E-state index in [4.69, 9.17) is 20.0 Å². The van der Waals surface area contributed by atoms with E-state index >= 15 is 0 Å². The molecule has 0 bridgehead atoms. The molecular formula is C25H17NO5. The number of carboxylic acid groups (broad SMARTS) is 1. The smallest absolute Gasteiger partial charge is 0.351 e. The molecule has 0 atom stereocenters. The Morgan fingerprint density at radius 1 is 0.968 bits per heavy atom. The van der Waals surface area contributed by atoms with Gasteiger partial charge in [-0.25, -0.2) is 9.59 Å². The van der Waals surface area contributed by atoms with Gasteiger partial charge in [0.2, 0.25) is 0 Å². The van der Waals surface area contributed by atoms with Crippen molar-refractivity contribution in [2.45, 2.75) is 0 Å². The van der Waals surface area contributed by atoms with E-state index in [-0.39, 0.29) is 5.58 Å². The van der Waals surface area contributed by atoms with Crippen molar-refractivity contribution < 1.29 is 19.1 Å². The van der Waals surface area contributed by atoms with Crippen molar-refractivity contribution in [3.05, 3.63) is 93.8 Å². The minimum Gasteiger partial charge on any atom is -0.495 e. The third-order valence-electron chi connectivity index (χ3n) is 4.76. The number of nitrogens with two attached hydrogens (primary N) is 1. The summed E-state index contributed by atoms with van der Waals surface area (Å²) in [4.78, 5) is 23.0. The van der Waals surface area contributed by atoms with Crippen LogP contribution in [0, 0.1) is 11.8 Å². The second-order valence-corrected chi connectivity index (χ2v) is 6.79. The summed E-state index contributed by atoms with van der Waals surface area (Å²) in [5.74, 6) is 5.20. The molecule has 0 aliphatic carbocycles. The topological polar surface area (TPSA) is 103 Å². The van der Waals surface area contributed by atoms with Crippen molar-refractivity contribution in [3.63, 3.8) is 0 Å². The van der Waals surface area contributed by atoms with Gasteiger partial charge < -0.3 is 20.0 Å². The number of carboxylic acids is 1. The quantitative estimate of drug-likeness (QED) is 0.298. The Bertz CT molecular complexity index is 1410. The first-order valence-electron chi connectivity index (χ1n) is 9.32. The maximum absolute atomic E-state index is 11.8. The molecule has 3 aromatic carbocycles. The van der Waals surface area contributed by atoms with E-state index < -0.39 is 17.2 Å². The Labute approximate surface area is 177 Å². The molecule has 1 aromatic heterocycles. The van der Waals surface area contributed by atoms with Crippen molar-refractivity contribution in [3.8, 4) is 28.7 Å². The summed E-state index contributed by atoms with van der Waals surface area (Å²) in [7, 11) is 1.48. The van der Waals surface area contributed by atoms with Crippen LogP contribution in [0.15, 0.2) is 75.9 Å². The van der Waals surface area contributed by atoms with Crippen LogP contribution in [0.2, 0.25) is 0 Å². The number of rotatable bonds is 3. The van der Waals surface area contributed by atoms with Crippen molar-refractivity contribution >= 4 is 22.6 Å². The van der Waals surface area contributed by atoms with Gasteiger partial charge >= 0.3 is 11.6 Å². The van der Waals surface area contributed by atoms with Gasteiger partial charge in [-0.3, -0.25) is 0 Å². The molecule has 0 saturated carbocycles. The number of fused-ring (bicyclic) bond motifs is 1. The number of methoxy groups -OCH3 is 1. The molecule has 0 amide bonds. The fraction of sp³-hybridized carbons (Fsp3) is 0.0400. The predicted molar refractivity (Wildman–Crippen MR) is 118 cm³/mol. The molecule has 0 unspecified atom stereocenters. The van der Waals surface area contributed by atoms with Crippen LogP contribution in [-0.2, 0) is 0 Å². The largest absolute Gasteiger partial charge is 0.495 e. The van der Waals surface area contributed by atoms with E-state index in [2.05, 4.69) is 11.8 Å². The zero-order chi connectivity index (χ0) is 22.0. The van der Waals surface area contributed by atoms with Crippen molar-refractivity contribution in [2.75, 3.05) is 12.8 Å². The van der Waals surface area contributed by atoms with E-state index in [1.54, 1.807) is 6.07 Å². The number of hydrogen-bond donors (Lipinski definition) is 2. The summed E-state index contributed by atoms with van der Waals surface area (Å²) in [5.41, 5.74) is 8.77. The molecule has 31 heavy (non-hydrogen) atoms. The first-order valence-corrected chi connectivity index (χ1v) is 9.32. The molecule has 0 aliphatic heterocycles. The molecule has 0 saturated heterocycles. The average Bonchev–Trinajstić information content (AvgIpc) is 2.77. The molecule has 0 radical (unpaired) electrons. The Morgan fingerprint density at radius 2 is 1.61 bits per heavy atom. The minimum absolute atomic E-state index is 0.227. The molecule has 0 aliphatic rings. The number of ether oxygens (including phenoxy) is 1. The van der Waals surface area contributed by atoms with Crippen LogP contribution in [-0.4, -0.2) is 18.2 Å². The van der Waals surface area contributed by atoms with Crippen molar-refractivity contribution in [2.24, 2.45) is 0 Å². The van der Waals surface area contributed by atoms with Gasteiger partial charge in [0.25, 0.3) is 0 Å². The number of hydrogen-bond acceptors (Lipinski definition) is 5. The van der Waals surface area contributed by atoms with E-state index in [0.29, 0.717) is 22.4 Å². The van der Waals surface area contributed by atoms with Crippen molar-refractivity contribution in [1.82, 2.24) is 0 Å². The Morgan fingerprint density at radius 3 is 2.23 bits per heavy atom. The molecule has 3 N–H and O–H groups in total. The highest BCUT2D eigenvalue weighted by atomic mass is 16.5. The number of benzene rings is 3. The van der Waals surface area contributed by atoms with Crippen LogP contribution >= 0.6 is 0 Å². The molecule has 152 valence electrons. The summed E-state index contributed by atoms with van der Waals surface area (Å²) in [6, 6.07) is 19.8. The van der Waals surface area contributed by atoms with Gasteiger partial charge in [0, 0.05) is 22.7 Å². The van der Waals surface area contributed by atoms with Crippen LogP contribution in [0.3, 0.4) is 0 Å². The van der Waals surface area contributed by atoms with Gasteiger partial charge in [-0.15, -0.1) is 0 Å². The highest BCUT2D eigenvalue weighted by molar-refractivity contribution is 5.92. The first kappa shape index (κ1) is 19.8. The molecule has 0 fully saturated rings. The lowest BCUT2D eigenvalue weighted by atomic mass is 10.0. The van der Waals surface area contributed by atoms with E-state index in [1.807, 2.05) is 48.5 Å². The number of nitrogen functional groups attached to an aromatic ring is 1. The highest BCUT2D eigenvalue weighted by Crippen LogP contribution is 2.26. The molecule has 1 heterocycles. The molecule has 6 nitrogen and oxygen atoms in total. The molecule has 0 spiro atoms. The fourth-order valence-electron chi connectivity index (χ4n) is 3.13.